The van der Waals surface area contributed by atoms with Gasteiger partial charge in [-0.1, -0.05) is 26.0 Å². The molecular weight excluding hydrogens is 394 g/mol. The topological polar surface area (TPSA) is 81.5 Å². The molecule has 0 aliphatic heterocycles. The van der Waals surface area contributed by atoms with E-state index in [-0.39, 0.29) is 29.8 Å². The van der Waals surface area contributed by atoms with Gasteiger partial charge >= 0.3 is 5.97 Å². The van der Waals surface area contributed by atoms with Crippen LogP contribution in [0.3, 0.4) is 0 Å². The Labute approximate surface area is 181 Å². The molecular formula is C24H27N3O4. The highest BCUT2D eigenvalue weighted by Gasteiger charge is 2.19. The fraction of sp³-hybridized carbons (Fsp3) is 0.333. The Kier molecular flexibility index (Phi) is 6.84. The van der Waals surface area contributed by atoms with Gasteiger partial charge in [0.15, 0.2) is 0 Å². The predicted molar refractivity (Wildman–Crippen MR) is 119 cm³/mol. The van der Waals surface area contributed by atoms with Crippen LogP contribution in [0.1, 0.15) is 36.5 Å². The van der Waals surface area contributed by atoms with Crippen LogP contribution in [0.25, 0.3) is 16.6 Å². The number of fused-ring (bicyclic) bond motifs is 1. The van der Waals surface area contributed by atoms with Gasteiger partial charge in [-0.2, -0.15) is 0 Å². The van der Waals surface area contributed by atoms with Crippen molar-refractivity contribution < 1.29 is 14.3 Å². The van der Waals surface area contributed by atoms with E-state index in [2.05, 4.69) is 4.98 Å². The second kappa shape index (κ2) is 9.55. The number of rotatable bonds is 7. The minimum Gasteiger partial charge on any atom is -0.469 e. The summed E-state index contributed by atoms with van der Waals surface area (Å²) in [5.74, 6) is 0.313. The molecule has 31 heavy (non-hydrogen) atoms. The number of hydrogen-bond acceptors (Lipinski definition) is 5. The van der Waals surface area contributed by atoms with Gasteiger partial charge in [0.05, 0.1) is 30.1 Å². The summed E-state index contributed by atoms with van der Waals surface area (Å²) in [7, 11) is 1.33. The fourth-order valence-corrected chi connectivity index (χ4v) is 3.53. The molecule has 1 amide bonds. The normalized spacial score (nSPS) is 11.0. The molecule has 0 saturated heterocycles. The number of hydrogen-bond donors (Lipinski definition) is 0. The van der Waals surface area contributed by atoms with Gasteiger partial charge in [0.1, 0.15) is 5.82 Å². The number of aryl methyl sites for hydroxylation is 1. The maximum atomic E-state index is 13.0. The Morgan fingerprint density at radius 3 is 2.42 bits per heavy atom. The van der Waals surface area contributed by atoms with E-state index in [1.165, 1.54) is 7.11 Å². The Morgan fingerprint density at radius 1 is 1.10 bits per heavy atom. The average Bonchev–Trinajstić information content (AvgIpc) is 2.76. The number of amides is 1. The second-order valence-electron chi connectivity index (χ2n) is 7.83. The molecule has 162 valence electrons. The summed E-state index contributed by atoms with van der Waals surface area (Å²) in [5, 5.41) is 0.541. The first kappa shape index (κ1) is 22.2. The standard InChI is InChI=1S/C24H27N3O4/c1-16(2)15-26(14-13-22(28)31-4)23(29)18-9-11-19(12-10-18)27-17(3)25-21-8-6-5-7-20(21)24(27)30/h5-12,16H,13-15H2,1-4H3. The number of esters is 1. The molecule has 0 radical (unpaired) electrons. The number of carbonyl (C=O) groups excluding carboxylic acids is 2. The van der Waals surface area contributed by atoms with E-state index < -0.39 is 0 Å². The molecule has 7 nitrogen and oxygen atoms in total. The van der Waals surface area contributed by atoms with Crippen LogP contribution in [0, 0.1) is 12.8 Å². The van der Waals surface area contributed by atoms with Crippen molar-refractivity contribution in [2.45, 2.75) is 27.2 Å². The number of carbonyl (C=O) groups is 2. The van der Waals surface area contributed by atoms with E-state index in [0.29, 0.717) is 41.1 Å². The number of aromatic nitrogens is 2. The van der Waals surface area contributed by atoms with Crippen LogP contribution < -0.4 is 5.56 Å². The maximum Gasteiger partial charge on any atom is 0.307 e. The molecule has 7 heteroatoms. The second-order valence-corrected chi connectivity index (χ2v) is 7.83. The Hall–Kier alpha value is -3.48. The Balaban J connectivity index is 1.90. The molecule has 0 spiro atoms. The zero-order chi connectivity index (χ0) is 22.5. The molecule has 0 bridgehead atoms. The number of para-hydroxylation sites is 1. The summed E-state index contributed by atoms with van der Waals surface area (Å²) >= 11 is 0. The SMILES string of the molecule is COC(=O)CCN(CC(C)C)C(=O)c1ccc(-n2c(C)nc3ccccc3c2=O)cc1. The molecule has 3 rings (SSSR count). The van der Waals surface area contributed by atoms with Gasteiger partial charge in [-0.3, -0.25) is 19.0 Å². The molecule has 0 N–H and O–H groups in total. The maximum absolute atomic E-state index is 13.0. The number of nitrogens with zero attached hydrogens (tertiary/aromatic N) is 3. The van der Waals surface area contributed by atoms with Gasteiger partial charge in [-0.15, -0.1) is 0 Å². The van der Waals surface area contributed by atoms with E-state index >= 15 is 0 Å². The van der Waals surface area contributed by atoms with Crippen molar-refractivity contribution in [2.75, 3.05) is 20.2 Å². The monoisotopic (exact) mass is 421 g/mol. The lowest BCUT2D eigenvalue weighted by Crippen LogP contribution is -2.36. The molecule has 0 atom stereocenters. The highest BCUT2D eigenvalue weighted by molar-refractivity contribution is 5.94. The smallest absolute Gasteiger partial charge is 0.307 e. The quantitative estimate of drug-likeness (QED) is 0.547. The molecule has 3 aromatic rings. The zero-order valence-electron chi connectivity index (χ0n) is 18.3. The summed E-state index contributed by atoms with van der Waals surface area (Å²) in [5.41, 5.74) is 1.64. The minimum atomic E-state index is -0.351. The number of ether oxygens (including phenoxy) is 1. The number of methoxy groups -OCH3 is 1. The lowest BCUT2D eigenvalue weighted by molar-refractivity contribution is -0.140. The largest absolute Gasteiger partial charge is 0.469 e. The molecule has 2 aromatic carbocycles. The third-order valence-corrected chi connectivity index (χ3v) is 5.00. The molecule has 0 fully saturated rings. The van der Waals surface area contributed by atoms with Crippen molar-refractivity contribution in [1.29, 1.82) is 0 Å². The van der Waals surface area contributed by atoms with Crippen LogP contribution in [0.5, 0.6) is 0 Å². The van der Waals surface area contributed by atoms with E-state index in [0.717, 1.165) is 0 Å². The van der Waals surface area contributed by atoms with Crippen molar-refractivity contribution in [1.82, 2.24) is 14.5 Å². The molecule has 0 aliphatic carbocycles. The zero-order valence-corrected chi connectivity index (χ0v) is 18.3. The van der Waals surface area contributed by atoms with Gasteiger partial charge in [-0.25, -0.2) is 4.98 Å². The highest BCUT2D eigenvalue weighted by atomic mass is 16.5. The van der Waals surface area contributed by atoms with Crippen molar-refractivity contribution in [2.24, 2.45) is 5.92 Å². The predicted octanol–water partition coefficient (Wildman–Crippen LogP) is 3.36. The lowest BCUT2D eigenvalue weighted by atomic mass is 10.1. The van der Waals surface area contributed by atoms with Gasteiger partial charge in [-0.05, 0) is 49.2 Å². The van der Waals surface area contributed by atoms with E-state index in [1.54, 1.807) is 46.7 Å². The summed E-state index contributed by atoms with van der Waals surface area (Å²) in [6, 6.07) is 14.1. The van der Waals surface area contributed by atoms with Crippen LogP contribution in [-0.4, -0.2) is 46.5 Å². The first-order chi connectivity index (χ1) is 14.8. The Morgan fingerprint density at radius 2 is 1.77 bits per heavy atom. The third kappa shape index (κ3) is 4.99. The van der Waals surface area contributed by atoms with E-state index in [4.69, 9.17) is 4.74 Å². The Bertz CT molecular complexity index is 1150. The molecule has 0 aliphatic rings. The van der Waals surface area contributed by atoms with Crippen molar-refractivity contribution in [3.05, 3.63) is 70.3 Å². The molecule has 0 saturated carbocycles. The van der Waals surface area contributed by atoms with E-state index in [1.807, 2.05) is 32.0 Å². The van der Waals surface area contributed by atoms with Crippen LogP contribution in [0.2, 0.25) is 0 Å². The van der Waals surface area contributed by atoms with Crippen LogP contribution in [-0.2, 0) is 9.53 Å². The highest BCUT2D eigenvalue weighted by Crippen LogP contribution is 2.15. The molecule has 1 aromatic heterocycles. The van der Waals surface area contributed by atoms with Crippen LogP contribution in [0.4, 0.5) is 0 Å². The van der Waals surface area contributed by atoms with Crippen LogP contribution >= 0.6 is 0 Å². The summed E-state index contributed by atoms with van der Waals surface area (Å²) in [6.07, 6.45) is 0.143. The van der Waals surface area contributed by atoms with Gasteiger partial charge < -0.3 is 9.64 Å². The number of benzene rings is 2. The van der Waals surface area contributed by atoms with Gasteiger partial charge in [0.2, 0.25) is 0 Å². The van der Waals surface area contributed by atoms with Crippen molar-refractivity contribution >= 4 is 22.8 Å². The minimum absolute atomic E-state index is 0.143. The van der Waals surface area contributed by atoms with Gasteiger partial charge in [0, 0.05) is 18.7 Å². The van der Waals surface area contributed by atoms with Crippen molar-refractivity contribution in [3.63, 3.8) is 0 Å². The van der Waals surface area contributed by atoms with Gasteiger partial charge in [0.25, 0.3) is 11.5 Å². The molecule has 1 heterocycles. The van der Waals surface area contributed by atoms with Crippen molar-refractivity contribution in [3.8, 4) is 5.69 Å². The third-order valence-electron chi connectivity index (χ3n) is 5.00. The summed E-state index contributed by atoms with van der Waals surface area (Å²) in [4.78, 5) is 43.7. The van der Waals surface area contributed by atoms with E-state index in [9.17, 15) is 14.4 Å². The molecule has 0 unspecified atom stereocenters. The lowest BCUT2D eigenvalue weighted by Gasteiger charge is -2.24. The first-order valence-electron chi connectivity index (χ1n) is 10.3. The summed E-state index contributed by atoms with van der Waals surface area (Å²) < 4.78 is 6.23. The average molecular weight is 421 g/mol. The van der Waals surface area contributed by atoms with Crippen LogP contribution in [0.15, 0.2) is 53.3 Å². The summed E-state index contributed by atoms with van der Waals surface area (Å²) in [6.45, 7) is 6.64. The first-order valence-corrected chi connectivity index (χ1v) is 10.3. The fourth-order valence-electron chi connectivity index (χ4n) is 3.53.